The third-order valence-corrected chi connectivity index (χ3v) is 2.85. The molecule has 0 fully saturated rings. The molecule has 1 amide bonds. The van der Waals surface area contributed by atoms with Crippen LogP contribution in [0.5, 0.6) is 0 Å². The lowest BCUT2D eigenvalue weighted by Crippen LogP contribution is -2.16. The average molecular weight is 284 g/mol. The Balaban J connectivity index is 2.06. The van der Waals surface area contributed by atoms with Crippen LogP contribution in [0.25, 0.3) is 11.0 Å². The summed E-state index contributed by atoms with van der Waals surface area (Å²) < 4.78 is 6.95. The van der Waals surface area contributed by atoms with Gasteiger partial charge >= 0.3 is 6.09 Å². The van der Waals surface area contributed by atoms with E-state index in [0.717, 1.165) is 16.6 Å². The van der Waals surface area contributed by atoms with Crippen molar-refractivity contribution in [3.63, 3.8) is 0 Å². The summed E-state index contributed by atoms with van der Waals surface area (Å²) in [5.41, 5.74) is 1.49. The summed E-state index contributed by atoms with van der Waals surface area (Å²) in [5.74, 6) is 0.415. The zero-order chi connectivity index (χ0) is 15.2. The highest BCUT2D eigenvalue weighted by atomic mass is 16.5. The summed E-state index contributed by atoms with van der Waals surface area (Å²) >= 11 is 0. The molecule has 6 heteroatoms. The van der Waals surface area contributed by atoms with Crippen LogP contribution in [0.1, 0.15) is 0 Å². The smallest absolute Gasteiger partial charge is 0.413 e. The van der Waals surface area contributed by atoms with Crippen LogP contribution in [0.3, 0.4) is 0 Å². The summed E-state index contributed by atoms with van der Waals surface area (Å²) in [5, 5.41) is 3.36. The van der Waals surface area contributed by atoms with Crippen LogP contribution in [-0.4, -0.2) is 27.2 Å². The van der Waals surface area contributed by atoms with Crippen LogP contribution in [0, 0.1) is 0 Å². The first-order chi connectivity index (χ1) is 10.2. The van der Waals surface area contributed by atoms with Gasteiger partial charge in [-0.05, 0) is 11.6 Å². The van der Waals surface area contributed by atoms with Crippen LogP contribution >= 0.6 is 0 Å². The first kappa shape index (κ1) is 14.5. The normalized spacial score (nSPS) is 11.2. The number of carbonyl (C=O) groups is 1. The minimum Gasteiger partial charge on any atom is -0.444 e. The van der Waals surface area contributed by atoms with Gasteiger partial charge in [0.25, 0.3) is 0 Å². The molecule has 0 aromatic carbocycles. The fourth-order valence-electron chi connectivity index (χ4n) is 1.79. The van der Waals surface area contributed by atoms with Crippen LogP contribution in [0.4, 0.5) is 10.6 Å². The maximum Gasteiger partial charge on any atom is 0.413 e. The number of rotatable bonds is 5. The second kappa shape index (κ2) is 6.51. The first-order valence-electron chi connectivity index (χ1n) is 6.29. The average Bonchev–Trinajstić information content (AvgIpc) is 2.86. The summed E-state index contributed by atoms with van der Waals surface area (Å²) in [7, 11) is 1.87. The Morgan fingerprint density at radius 2 is 2.29 bits per heavy atom. The largest absolute Gasteiger partial charge is 0.444 e. The van der Waals surface area contributed by atoms with Gasteiger partial charge in [0.1, 0.15) is 24.4 Å². The lowest BCUT2D eigenvalue weighted by Gasteiger charge is -2.07. The summed E-state index contributed by atoms with van der Waals surface area (Å²) in [6, 6.07) is 1.83. The monoisotopic (exact) mass is 284 g/mol. The highest BCUT2D eigenvalue weighted by molar-refractivity contribution is 5.95. The third-order valence-electron chi connectivity index (χ3n) is 2.85. The molecule has 108 valence electrons. The Bertz CT molecular complexity index is 716. The SMILES string of the molecule is C=C/C=C(\C=C)COC(=O)Nc1ncnc2c1ccn2C. The van der Waals surface area contributed by atoms with Gasteiger partial charge in [0.05, 0.1) is 5.39 Å². The Hall–Kier alpha value is -2.89. The fraction of sp³-hybridized carbons (Fsp3) is 0.133. The van der Waals surface area contributed by atoms with Crippen LogP contribution in [0.15, 0.2) is 55.5 Å². The van der Waals surface area contributed by atoms with Gasteiger partial charge in [-0.2, -0.15) is 0 Å². The minimum atomic E-state index is -0.587. The predicted molar refractivity (Wildman–Crippen MR) is 82.0 cm³/mol. The number of anilines is 1. The Morgan fingerprint density at radius 1 is 1.48 bits per heavy atom. The van der Waals surface area contributed by atoms with Gasteiger partial charge in [0.2, 0.25) is 0 Å². The van der Waals surface area contributed by atoms with E-state index >= 15 is 0 Å². The van der Waals surface area contributed by atoms with E-state index in [-0.39, 0.29) is 6.61 Å². The number of allylic oxidation sites excluding steroid dienone is 2. The van der Waals surface area contributed by atoms with Gasteiger partial charge in [0, 0.05) is 13.2 Å². The molecule has 2 rings (SSSR count). The number of carbonyl (C=O) groups excluding carboxylic acids is 1. The summed E-state index contributed by atoms with van der Waals surface area (Å²) in [6.45, 7) is 7.33. The van der Waals surface area contributed by atoms with Crippen molar-refractivity contribution in [2.24, 2.45) is 7.05 Å². The second-order valence-electron chi connectivity index (χ2n) is 4.27. The van der Waals surface area contributed by atoms with Crippen molar-refractivity contribution in [1.82, 2.24) is 14.5 Å². The first-order valence-corrected chi connectivity index (χ1v) is 6.29. The number of hydrogen-bond acceptors (Lipinski definition) is 4. The molecule has 0 spiro atoms. The fourth-order valence-corrected chi connectivity index (χ4v) is 1.79. The lowest BCUT2D eigenvalue weighted by molar-refractivity contribution is 0.172. The number of nitrogens with one attached hydrogen (secondary N) is 1. The van der Waals surface area contributed by atoms with Gasteiger partial charge < -0.3 is 9.30 Å². The number of amides is 1. The van der Waals surface area contributed by atoms with Crippen molar-refractivity contribution in [2.75, 3.05) is 11.9 Å². The molecule has 0 aliphatic carbocycles. The van der Waals surface area contributed by atoms with Crippen LogP contribution in [0.2, 0.25) is 0 Å². The molecule has 6 nitrogen and oxygen atoms in total. The van der Waals surface area contributed by atoms with Gasteiger partial charge in [-0.15, -0.1) is 0 Å². The molecule has 2 heterocycles. The van der Waals surface area contributed by atoms with Crippen molar-refractivity contribution in [1.29, 1.82) is 0 Å². The highest BCUT2D eigenvalue weighted by Gasteiger charge is 2.10. The molecule has 2 aromatic heterocycles. The molecule has 0 atom stereocenters. The van der Waals surface area contributed by atoms with E-state index in [2.05, 4.69) is 28.4 Å². The lowest BCUT2D eigenvalue weighted by atomic mass is 10.2. The van der Waals surface area contributed by atoms with Crippen molar-refractivity contribution in [3.05, 3.63) is 55.5 Å². The zero-order valence-corrected chi connectivity index (χ0v) is 11.7. The molecule has 1 N–H and O–H groups in total. The molecule has 0 saturated heterocycles. The molecule has 0 bridgehead atoms. The molecule has 0 radical (unpaired) electrons. The number of aryl methyl sites for hydroxylation is 1. The van der Waals surface area contributed by atoms with E-state index in [1.54, 1.807) is 18.2 Å². The van der Waals surface area contributed by atoms with Crippen molar-refractivity contribution in [3.8, 4) is 0 Å². The maximum atomic E-state index is 11.8. The van der Waals surface area contributed by atoms with E-state index in [4.69, 9.17) is 4.74 Å². The van der Waals surface area contributed by atoms with Crippen molar-refractivity contribution < 1.29 is 9.53 Å². The Kier molecular flexibility index (Phi) is 4.50. The molecule has 0 aliphatic rings. The quantitative estimate of drug-likeness (QED) is 0.857. The second-order valence-corrected chi connectivity index (χ2v) is 4.27. The standard InChI is InChI=1S/C15H16N4O2/c1-4-6-11(5-2)9-21-15(20)18-13-12-7-8-19(3)14(12)17-10-16-13/h4-8,10H,1-2,9H2,3H3,(H,16,17,18,20)/b11-6+. The molecule has 21 heavy (non-hydrogen) atoms. The van der Waals surface area contributed by atoms with E-state index in [0.29, 0.717) is 5.82 Å². The van der Waals surface area contributed by atoms with Gasteiger partial charge in [0.15, 0.2) is 0 Å². The minimum absolute atomic E-state index is 0.115. The van der Waals surface area contributed by atoms with Crippen LogP contribution < -0.4 is 5.32 Å². The zero-order valence-electron chi connectivity index (χ0n) is 11.7. The number of aromatic nitrogens is 3. The molecular formula is C15H16N4O2. The van der Waals surface area contributed by atoms with Gasteiger partial charge in [-0.1, -0.05) is 31.4 Å². The highest BCUT2D eigenvalue weighted by Crippen LogP contribution is 2.19. The predicted octanol–water partition coefficient (Wildman–Crippen LogP) is 2.82. The van der Waals surface area contributed by atoms with E-state index in [9.17, 15) is 4.79 Å². The third kappa shape index (κ3) is 3.36. The molecule has 2 aromatic rings. The van der Waals surface area contributed by atoms with E-state index in [1.807, 2.05) is 23.9 Å². The number of ether oxygens (including phenoxy) is 1. The number of fused-ring (bicyclic) bond motifs is 1. The van der Waals surface area contributed by atoms with Crippen molar-refractivity contribution >= 4 is 22.9 Å². The molecular weight excluding hydrogens is 268 g/mol. The Labute approximate surface area is 122 Å². The Morgan fingerprint density at radius 3 is 3.00 bits per heavy atom. The summed E-state index contributed by atoms with van der Waals surface area (Å²) in [4.78, 5) is 20.0. The number of nitrogens with zero attached hydrogens (tertiary/aromatic N) is 3. The summed E-state index contributed by atoms with van der Waals surface area (Å²) in [6.07, 6.45) is 7.59. The molecule has 0 aliphatic heterocycles. The molecule has 0 saturated carbocycles. The van der Waals surface area contributed by atoms with E-state index < -0.39 is 6.09 Å². The topological polar surface area (TPSA) is 69.0 Å². The van der Waals surface area contributed by atoms with Crippen LogP contribution in [-0.2, 0) is 11.8 Å². The molecule has 0 unspecified atom stereocenters. The van der Waals surface area contributed by atoms with Gasteiger partial charge in [-0.25, -0.2) is 14.8 Å². The van der Waals surface area contributed by atoms with Crippen molar-refractivity contribution in [2.45, 2.75) is 0 Å². The maximum absolute atomic E-state index is 11.8. The number of hydrogen-bond donors (Lipinski definition) is 1. The van der Waals surface area contributed by atoms with E-state index in [1.165, 1.54) is 6.33 Å². The van der Waals surface area contributed by atoms with Gasteiger partial charge in [-0.3, -0.25) is 5.32 Å².